The molecule has 0 fully saturated rings. The standard InChI is InChI=1S/C8H6F4O4/c9-13-7(14-10)8(15-11,16-12)6-4-2-1-3-5-6/h1-5,7H. The Morgan fingerprint density at radius 1 is 0.875 bits per heavy atom. The maximum absolute atomic E-state index is 12.3. The van der Waals surface area contributed by atoms with Gasteiger partial charge in [-0.3, -0.25) is 0 Å². The number of benzene rings is 1. The lowest BCUT2D eigenvalue weighted by Gasteiger charge is -2.26. The second-order valence-electron chi connectivity index (χ2n) is 2.70. The van der Waals surface area contributed by atoms with Gasteiger partial charge in [0.25, 0.3) is 6.29 Å². The lowest BCUT2D eigenvalue weighted by atomic mass is 10.1. The van der Waals surface area contributed by atoms with Crippen molar-refractivity contribution in [1.29, 1.82) is 0 Å². The molecule has 0 bridgehead atoms. The van der Waals surface area contributed by atoms with E-state index in [9.17, 15) is 18.1 Å². The summed E-state index contributed by atoms with van der Waals surface area (Å²) in [6.45, 7) is 0. The van der Waals surface area contributed by atoms with Crippen LogP contribution in [0.2, 0.25) is 0 Å². The van der Waals surface area contributed by atoms with Crippen molar-refractivity contribution in [1.82, 2.24) is 0 Å². The quantitative estimate of drug-likeness (QED) is 0.567. The van der Waals surface area contributed by atoms with Crippen LogP contribution in [0.25, 0.3) is 0 Å². The summed E-state index contributed by atoms with van der Waals surface area (Å²) in [4.78, 5) is 11.9. The largest absolute Gasteiger partial charge is 0.325 e. The van der Waals surface area contributed by atoms with Crippen LogP contribution in [0.15, 0.2) is 30.3 Å². The first kappa shape index (κ1) is 12.8. The zero-order valence-corrected chi connectivity index (χ0v) is 7.61. The van der Waals surface area contributed by atoms with Gasteiger partial charge in [-0.15, -0.1) is 9.88 Å². The second-order valence-corrected chi connectivity index (χ2v) is 2.70. The van der Waals surface area contributed by atoms with Gasteiger partial charge in [0.15, 0.2) is 0 Å². The molecule has 0 aromatic heterocycles. The maximum Gasteiger partial charge on any atom is 0.325 e. The van der Waals surface area contributed by atoms with E-state index in [1.54, 1.807) is 0 Å². The molecular weight excluding hydrogens is 236 g/mol. The first-order chi connectivity index (χ1) is 7.75. The zero-order valence-electron chi connectivity index (χ0n) is 7.61. The average Bonchev–Trinajstić information content (AvgIpc) is 2.37. The Labute approximate surface area is 86.9 Å². The SMILES string of the molecule is FOC(OF)C(OF)(OF)c1ccccc1. The van der Waals surface area contributed by atoms with Crippen molar-refractivity contribution in [2.24, 2.45) is 0 Å². The van der Waals surface area contributed by atoms with Gasteiger partial charge in [-0.25, -0.2) is 0 Å². The number of halogens is 4. The lowest BCUT2D eigenvalue weighted by Crippen LogP contribution is -2.42. The van der Waals surface area contributed by atoms with Crippen LogP contribution in [0.3, 0.4) is 0 Å². The molecule has 0 aliphatic rings. The summed E-state index contributed by atoms with van der Waals surface area (Å²) in [7, 11) is 0. The van der Waals surface area contributed by atoms with Crippen molar-refractivity contribution >= 4 is 0 Å². The molecule has 1 aromatic rings. The first-order valence-electron chi connectivity index (χ1n) is 3.95. The van der Waals surface area contributed by atoms with Crippen molar-refractivity contribution in [3.63, 3.8) is 0 Å². The van der Waals surface area contributed by atoms with E-state index in [4.69, 9.17) is 0 Å². The molecule has 0 saturated heterocycles. The Kier molecular flexibility index (Phi) is 4.62. The van der Waals surface area contributed by atoms with E-state index >= 15 is 0 Å². The zero-order chi connectivity index (χ0) is 12.0. The van der Waals surface area contributed by atoms with Crippen LogP contribution in [-0.4, -0.2) is 6.29 Å². The fraction of sp³-hybridized carbons (Fsp3) is 0.250. The molecule has 0 saturated carbocycles. The normalized spacial score (nSPS) is 12.1. The van der Waals surface area contributed by atoms with Gasteiger partial charge in [-0.1, -0.05) is 30.3 Å². The monoisotopic (exact) mass is 242 g/mol. The molecule has 16 heavy (non-hydrogen) atoms. The lowest BCUT2D eigenvalue weighted by molar-refractivity contribution is -0.520. The topological polar surface area (TPSA) is 36.9 Å². The molecule has 0 radical (unpaired) electrons. The van der Waals surface area contributed by atoms with E-state index in [0.29, 0.717) is 0 Å². The van der Waals surface area contributed by atoms with Crippen molar-refractivity contribution < 1.29 is 37.9 Å². The minimum Gasteiger partial charge on any atom is -0.152 e. The fourth-order valence-electron chi connectivity index (χ4n) is 1.11. The third-order valence-electron chi connectivity index (χ3n) is 1.88. The van der Waals surface area contributed by atoms with Crippen LogP contribution in [0.5, 0.6) is 0 Å². The predicted molar refractivity (Wildman–Crippen MR) is 40.7 cm³/mol. The van der Waals surface area contributed by atoms with Gasteiger partial charge in [0.05, 0.1) is 0 Å². The van der Waals surface area contributed by atoms with Crippen LogP contribution < -0.4 is 0 Å². The highest BCUT2D eigenvalue weighted by Crippen LogP contribution is 2.34. The van der Waals surface area contributed by atoms with E-state index in [1.165, 1.54) is 18.2 Å². The Bertz CT molecular complexity index is 302. The fourth-order valence-corrected chi connectivity index (χ4v) is 1.11. The van der Waals surface area contributed by atoms with Crippen molar-refractivity contribution in [3.05, 3.63) is 35.9 Å². The van der Waals surface area contributed by atoms with E-state index in [1.807, 2.05) is 0 Å². The smallest absolute Gasteiger partial charge is 0.152 e. The number of hydrogen-bond donors (Lipinski definition) is 0. The second kappa shape index (κ2) is 5.75. The third-order valence-corrected chi connectivity index (χ3v) is 1.88. The van der Waals surface area contributed by atoms with Gasteiger partial charge in [0.2, 0.25) is 0 Å². The first-order valence-corrected chi connectivity index (χ1v) is 3.95. The van der Waals surface area contributed by atoms with Gasteiger partial charge in [-0.05, 0) is 18.1 Å². The van der Waals surface area contributed by atoms with Crippen LogP contribution in [0.4, 0.5) is 18.1 Å². The molecule has 0 spiro atoms. The average molecular weight is 242 g/mol. The van der Waals surface area contributed by atoms with Gasteiger partial charge < -0.3 is 0 Å². The molecule has 0 unspecified atom stereocenters. The molecule has 0 N–H and O–H groups in total. The minimum atomic E-state index is -3.13. The van der Waals surface area contributed by atoms with Crippen LogP contribution in [-0.2, 0) is 25.6 Å². The van der Waals surface area contributed by atoms with E-state index in [2.05, 4.69) is 19.8 Å². The van der Waals surface area contributed by atoms with E-state index in [0.717, 1.165) is 12.1 Å². The minimum absolute atomic E-state index is 0.389. The summed E-state index contributed by atoms with van der Waals surface area (Å²) in [5, 5.41) is 0. The highest BCUT2D eigenvalue weighted by atomic mass is 19.3. The molecule has 0 aliphatic heterocycles. The van der Waals surface area contributed by atoms with Gasteiger partial charge >= 0.3 is 5.79 Å². The summed E-state index contributed by atoms with van der Waals surface area (Å²) in [6, 6.07) is 6.33. The van der Waals surface area contributed by atoms with Crippen molar-refractivity contribution in [3.8, 4) is 0 Å². The van der Waals surface area contributed by atoms with Crippen molar-refractivity contribution in [2.45, 2.75) is 12.1 Å². The molecule has 4 nitrogen and oxygen atoms in total. The van der Waals surface area contributed by atoms with Gasteiger partial charge in [0.1, 0.15) is 0 Å². The maximum atomic E-state index is 12.3. The molecule has 1 rings (SSSR count). The molecule has 0 aliphatic carbocycles. The Hall–Kier alpha value is -1.22. The summed E-state index contributed by atoms with van der Waals surface area (Å²) in [5.41, 5.74) is -0.389. The highest BCUT2D eigenvalue weighted by Gasteiger charge is 2.51. The molecular formula is C8H6F4O4. The van der Waals surface area contributed by atoms with Crippen LogP contribution in [0, 0.1) is 0 Å². The van der Waals surface area contributed by atoms with E-state index < -0.39 is 12.1 Å². The number of rotatable bonds is 6. The molecule has 0 heterocycles. The molecule has 1 aromatic carbocycles. The summed E-state index contributed by atoms with van der Waals surface area (Å²) in [5.74, 6) is -3.13. The van der Waals surface area contributed by atoms with Crippen molar-refractivity contribution in [2.75, 3.05) is 0 Å². The predicted octanol–water partition coefficient (Wildman–Crippen LogP) is 2.77. The van der Waals surface area contributed by atoms with Gasteiger partial charge in [0, 0.05) is 5.56 Å². The van der Waals surface area contributed by atoms with Gasteiger partial charge in [-0.2, -0.15) is 9.88 Å². The number of hydrogen-bond acceptors (Lipinski definition) is 4. The summed E-state index contributed by atoms with van der Waals surface area (Å²) >= 11 is 0. The van der Waals surface area contributed by atoms with Crippen LogP contribution in [0.1, 0.15) is 5.56 Å². The third kappa shape index (κ3) is 2.14. The molecule has 0 amide bonds. The Morgan fingerprint density at radius 2 is 1.38 bits per heavy atom. The Morgan fingerprint density at radius 3 is 1.75 bits per heavy atom. The Balaban J connectivity index is 3.14. The molecule has 90 valence electrons. The summed E-state index contributed by atoms with van der Waals surface area (Å²) in [6.07, 6.45) is -2.72. The van der Waals surface area contributed by atoms with Crippen LogP contribution >= 0.6 is 0 Å². The summed E-state index contributed by atoms with van der Waals surface area (Å²) < 4.78 is 48.2. The highest BCUT2D eigenvalue weighted by molar-refractivity contribution is 5.20. The van der Waals surface area contributed by atoms with E-state index in [-0.39, 0.29) is 5.56 Å². The molecule has 8 heteroatoms. The molecule has 0 atom stereocenters.